The van der Waals surface area contributed by atoms with Crippen LogP contribution in [0.1, 0.15) is 28.2 Å². The standard InChI is InChI=1S/C14H17N3O3S/c1-10-13(17-21-16-10)9-20-12-5-2-4-11(8-12)14(19)15-6-3-7-18/h2,4-5,8,18H,3,6-7,9H2,1H3,(H,15,19). The Morgan fingerprint density at radius 3 is 3.00 bits per heavy atom. The lowest BCUT2D eigenvalue weighted by atomic mass is 10.2. The number of hydrogen-bond donors (Lipinski definition) is 2. The van der Waals surface area contributed by atoms with Crippen molar-refractivity contribution in [1.29, 1.82) is 0 Å². The number of carbonyl (C=O) groups is 1. The van der Waals surface area contributed by atoms with E-state index in [0.29, 0.717) is 30.9 Å². The summed E-state index contributed by atoms with van der Waals surface area (Å²) in [6, 6.07) is 6.96. The van der Waals surface area contributed by atoms with E-state index in [4.69, 9.17) is 9.84 Å². The molecular weight excluding hydrogens is 290 g/mol. The van der Waals surface area contributed by atoms with Gasteiger partial charge in [-0.25, -0.2) is 0 Å². The van der Waals surface area contributed by atoms with Gasteiger partial charge < -0.3 is 15.2 Å². The lowest BCUT2D eigenvalue weighted by Gasteiger charge is -2.08. The fourth-order valence-electron chi connectivity index (χ4n) is 1.64. The number of carbonyl (C=O) groups excluding carboxylic acids is 1. The van der Waals surface area contributed by atoms with Crippen molar-refractivity contribution in [1.82, 2.24) is 14.1 Å². The second kappa shape index (κ2) is 7.70. The smallest absolute Gasteiger partial charge is 0.251 e. The number of aryl methyl sites for hydroxylation is 1. The zero-order chi connectivity index (χ0) is 15.1. The highest BCUT2D eigenvalue weighted by Crippen LogP contribution is 2.16. The molecule has 0 saturated carbocycles. The van der Waals surface area contributed by atoms with Gasteiger partial charge in [-0.15, -0.1) is 0 Å². The second-order valence-electron chi connectivity index (χ2n) is 4.45. The molecule has 6 nitrogen and oxygen atoms in total. The normalized spacial score (nSPS) is 10.4. The number of aromatic nitrogens is 2. The first-order chi connectivity index (χ1) is 10.2. The molecule has 21 heavy (non-hydrogen) atoms. The molecule has 1 aromatic heterocycles. The third-order valence-corrected chi connectivity index (χ3v) is 3.50. The van der Waals surface area contributed by atoms with Crippen LogP contribution in [0.5, 0.6) is 5.75 Å². The Balaban J connectivity index is 1.94. The quantitative estimate of drug-likeness (QED) is 0.758. The SMILES string of the molecule is Cc1nsnc1COc1cccc(C(=O)NCCCO)c1. The van der Waals surface area contributed by atoms with E-state index >= 15 is 0 Å². The fraction of sp³-hybridized carbons (Fsp3) is 0.357. The summed E-state index contributed by atoms with van der Waals surface area (Å²) in [6.07, 6.45) is 0.540. The summed E-state index contributed by atoms with van der Waals surface area (Å²) in [5, 5.41) is 11.4. The lowest BCUT2D eigenvalue weighted by Crippen LogP contribution is -2.24. The summed E-state index contributed by atoms with van der Waals surface area (Å²) in [6.45, 7) is 2.72. The van der Waals surface area contributed by atoms with Crippen LogP contribution in [-0.4, -0.2) is 32.9 Å². The number of aliphatic hydroxyl groups excluding tert-OH is 1. The predicted molar refractivity (Wildman–Crippen MR) is 79.5 cm³/mol. The lowest BCUT2D eigenvalue weighted by molar-refractivity contribution is 0.0950. The highest BCUT2D eigenvalue weighted by Gasteiger charge is 2.08. The van der Waals surface area contributed by atoms with E-state index in [0.717, 1.165) is 23.1 Å². The molecule has 0 radical (unpaired) electrons. The number of aliphatic hydroxyl groups is 1. The molecule has 0 saturated heterocycles. The van der Waals surface area contributed by atoms with Gasteiger partial charge in [0.15, 0.2) is 0 Å². The van der Waals surface area contributed by atoms with Gasteiger partial charge in [-0.2, -0.15) is 8.75 Å². The van der Waals surface area contributed by atoms with Crippen LogP contribution in [0.3, 0.4) is 0 Å². The van der Waals surface area contributed by atoms with E-state index in [-0.39, 0.29) is 12.5 Å². The maximum absolute atomic E-state index is 11.9. The van der Waals surface area contributed by atoms with Crippen LogP contribution < -0.4 is 10.1 Å². The molecule has 2 N–H and O–H groups in total. The van der Waals surface area contributed by atoms with E-state index in [1.165, 1.54) is 0 Å². The number of benzene rings is 1. The van der Waals surface area contributed by atoms with Crippen LogP contribution in [0.2, 0.25) is 0 Å². The van der Waals surface area contributed by atoms with Crippen molar-refractivity contribution in [2.24, 2.45) is 0 Å². The molecule has 0 fully saturated rings. The minimum absolute atomic E-state index is 0.0600. The molecule has 112 valence electrons. The van der Waals surface area contributed by atoms with Crippen molar-refractivity contribution in [3.8, 4) is 5.75 Å². The third kappa shape index (κ3) is 4.51. The Morgan fingerprint density at radius 1 is 1.43 bits per heavy atom. The van der Waals surface area contributed by atoms with E-state index in [1.807, 2.05) is 6.92 Å². The maximum Gasteiger partial charge on any atom is 0.251 e. The van der Waals surface area contributed by atoms with Gasteiger partial charge in [0.2, 0.25) is 0 Å². The number of ether oxygens (including phenoxy) is 1. The molecule has 2 rings (SSSR count). The largest absolute Gasteiger partial charge is 0.487 e. The van der Waals surface area contributed by atoms with Gasteiger partial charge in [0.05, 0.1) is 17.4 Å². The summed E-state index contributed by atoms with van der Waals surface area (Å²) >= 11 is 1.16. The summed E-state index contributed by atoms with van der Waals surface area (Å²) in [5.41, 5.74) is 2.19. The summed E-state index contributed by atoms with van der Waals surface area (Å²) in [5.74, 6) is 0.428. The Kier molecular flexibility index (Phi) is 5.65. The van der Waals surface area contributed by atoms with Gasteiger partial charge in [-0.05, 0) is 31.5 Å². The molecular formula is C14H17N3O3S. The number of rotatable bonds is 7. The molecule has 0 aliphatic heterocycles. The molecule has 7 heteroatoms. The third-order valence-electron chi connectivity index (χ3n) is 2.84. The maximum atomic E-state index is 11.9. The monoisotopic (exact) mass is 307 g/mol. The molecule has 1 aromatic carbocycles. The van der Waals surface area contributed by atoms with Gasteiger partial charge in [0.25, 0.3) is 5.91 Å². The minimum Gasteiger partial charge on any atom is -0.487 e. The first-order valence-corrected chi connectivity index (χ1v) is 7.33. The second-order valence-corrected chi connectivity index (χ2v) is 4.97. The molecule has 1 amide bonds. The van der Waals surface area contributed by atoms with E-state index in [2.05, 4.69) is 14.1 Å². The van der Waals surface area contributed by atoms with Crippen molar-refractivity contribution < 1.29 is 14.6 Å². The molecule has 0 bridgehead atoms. The van der Waals surface area contributed by atoms with Gasteiger partial charge in [0.1, 0.15) is 18.1 Å². The van der Waals surface area contributed by atoms with Crippen LogP contribution in [0, 0.1) is 6.92 Å². The molecule has 2 aromatic rings. The summed E-state index contributed by atoms with van der Waals surface area (Å²) in [4.78, 5) is 11.9. The van der Waals surface area contributed by atoms with Crippen LogP contribution in [0.4, 0.5) is 0 Å². The Labute approximate surface area is 127 Å². The van der Waals surface area contributed by atoms with Gasteiger partial charge in [-0.3, -0.25) is 4.79 Å². The van der Waals surface area contributed by atoms with Gasteiger partial charge >= 0.3 is 0 Å². The topological polar surface area (TPSA) is 84.3 Å². The molecule has 0 spiro atoms. The highest BCUT2D eigenvalue weighted by atomic mass is 32.1. The number of nitrogens with one attached hydrogen (secondary N) is 1. The molecule has 0 aliphatic carbocycles. The van der Waals surface area contributed by atoms with Crippen LogP contribution in [0.25, 0.3) is 0 Å². The van der Waals surface area contributed by atoms with Crippen LogP contribution in [0.15, 0.2) is 24.3 Å². The Bertz CT molecular complexity index is 601. The fourth-order valence-corrected chi connectivity index (χ4v) is 2.19. The molecule has 0 aliphatic rings. The first-order valence-electron chi connectivity index (χ1n) is 6.60. The van der Waals surface area contributed by atoms with Crippen molar-refractivity contribution in [3.63, 3.8) is 0 Å². The van der Waals surface area contributed by atoms with Gasteiger partial charge in [-0.1, -0.05) is 6.07 Å². The average Bonchev–Trinajstić information content (AvgIpc) is 2.91. The summed E-state index contributed by atoms with van der Waals surface area (Å²) < 4.78 is 13.9. The number of hydrogen-bond acceptors (Lipinski definition) is 6. The first kappa shape index (κ1) is 15.4. The molecule has 1 heterocycles. The van der Waals surface area contributed by atoms with Gasteiger partial charge in [0, 0.05) is 18.7 Å². The average molecular weight is 307 g/mol. The zero-order valence-corrected chi connectivity index (χ0v) is 12.5. The Hall–Kier alpha value is -1.99. The number of nitrogens with zero attached hydrogens (tertiary/aromatic N) is 2. The predicted octanol–water partition coefficient (Wildman–Crippen LogP) is 1.54. The van der Waals surface area contributed by atoms with E-state index in [9.17, 15) is 4.79 Å². The van der Waals surface area contributed by atoms with Crippen LogP contribution >= 0.6 is 11.7 Å². The highest BCUT2D eigenvalue weighted by molar-refractivity contribution is 6.99. The minimum atomic E-state index is -0.180. The molecule has 0 unspecified atom stereocenters. The van der Waals surface area contributed by atoms with Crippen molar-refractivity contribution in [2.45, 2.75) is 20.0 Å². The van der Waals surface area contributed by atoms with Crippen molar-refractivity contribution in [2.75, 3.05) is 13.2 Å². The zero-order valence-electron chi connectivity index (χ0n) is 11.7. The van der Waals surface area contributed by atoms with E-state index in [1.54, 1.807) is 24.3 Å². The van der Waals surface area contributed by atoms with Crippen LogP contribution in [-0.2, 0) is 6.61 Å². The molecule has 0 atom stereocenters. The summed E-state index contributed by atoms with van der Waals surface area (Å²) in [7, 11) is 0. The van der Waals surface area contributed by atoms with E-state index < -0.39 is 0 Å². The Morgan fingerprint density at radius 2 is 2.29 bits per heavy atom. The number of amides is 1. The van der Waals surface area contributed by atoms with Crippen molar-refractivity contribution in [3.05, 3.63) is 41.2 Å². The van der Waals surface area contributed by atoms with Crippen molar-refractivity contribution >= 4 is 17.6 Å².